The summed E-state index contributed by atoms with van der Waals surface area (Å²) in [7, 11) is 0. The van der Waals surface area contributed by atoms with Gasteiger partial charge in [-0.05, 0) is 51.3 Å². The van der Waals surface area contributed by atoms with Crippen LogP contribution in [-0.4, -0.2) is 23.5 Å². The number of carbonyl (C=O) groups excluding carboxylic acids is 3. The predicted octanol–water partition coefficient (Wildman–Crippen LogP) is 3.48. The summed E-state index contributed by atoms with van der Waals surface area (Å²) in [6.07, 6.45) is 3.74. The minimum absolute atomic E-state index is 0.0375. The first-order chi connectivity index (χ1) is 12.7. The topological polar surface area (TPSA) is 111 Å². The molecule has 1 aromatic rings. The van der Waals surface area contributed by atoms with Gasteiger partial charge < -0.3 is 21.1 Å². The van der Waals surface area contributed by atoms with Crippen LogP contribution in [0.2, 0.25) is 0 Å². The number of primary amides is 1. The maximum absolute atomic E-state index is 11.9. The second-order valence-electron chi connectivity index (χ2n) is 7.48. The summed E-state index contributed by atoms with van der Waals surface area (Å²) < 4.78 is 5.18. The number of amides is 3. The summed E-state index contributed by atoms with van der Waals surface area (Å²) in [4.78, 5) is 34.2. The predicted molar refractivity (Wildman–Crippen MR) is 105 cm³/mol. The molecule has 3 amide bonds. The molecule has 4 N–H and O–H groups in total. The average Bonchev–Trinajstić information content (AvgIpc) is 2.55. The number of ether oxygens (including phenoxy) is 1. The Labute approximate surface area is 161 Å². The molecule has 0 unspecified atom stereocenters. The SMILES string of the molecule is CC(C)(C)OC(=O)NCc1ccc(NC(=O)CCCCCCC(N)=O)cc1. The van der Waals surface area contributed by atoms with Crippen LogP contribution in [-0.2, 0) is 20.9 Å². The Morgan fingerprint density at radius 2 is 1.56 bits per heavy atom. The van der Waals surface area contributed by atoms with Crippen LogP contribution in [0.5, 0.6) is 0 Å². The Morgan fingerprint density at radius 3 is 2.11 bits per heavy atom. The van der Waals surface area contributed by atoms with Crippen LogP contribution >= 0.6 is 0 Å². The van der Waals surface area contributed by atoms with Crippen molar-refractivity contribution in [3.05, 3.63) is 29.8 Å². The van der Waals surface area contributed by atoms with Gasteiger partial charge in [-0.25, -0.2) is 4.79 Å². The zero-order valence-electron chi connectivity index (χ0n) is 16.5. The van der Waals surface area contributed by atoms with Crippen molar-refractivity contribution in [1.82, 2.24) is 5.32 Å². The van der Waals surface area contributed by atoms with Gasteiger partial charge >= 0.3 is 6.09 Å². The number of hydrogen-bond acceptors (Lipinski definition) is 4. The Bertz CT molecular complexity index is 621. The molecule has 150 valence electrons. The molecule has 7 heteroatoms. The first-order valence-electron chi connectivity index (χ1n) is 9.29. The summed E-state index contributed by atoms with van der Waals surface area (Å²) in [6.45, 7) is 5.79. The van der Waals surface area contributed by atoms with E-state index in [1.54, 1.807) is 12.1 Å². The van der Waals surface area contributed by atoms with Gasteiger partial charge in [0, 0.05) is 25.1 Å². The Morgan fingerprint density at radius 1 is 0.963 bits per heavy atom. The first kappa shape index (κ1) is 22.5. The molecule has 0 aliphatic carbocycles. The molecule has 0 radical (unpaired) electrons. The van der Waals surface area contributed by atoms with Gasteiger partial charge in [-0.3, -0.25) is 9.59 Å². The molecule has 0 atom stereocenters. The third-order valence-corrected chi connectivity index (χ3v) is 3.65. The smallest absolute Gasteiger partial charge is 0.407 e. The molecule has 0 aromatic heterocycles. The molecule has 7 nitrogen and oxygen atoms in total. The molecule has 0 aliphatic heterocycles. The Balaban J connectivity index is 2.26. The fraction of sp³-hybridized carbons (Fsp3) is 0.550. The van der Waals surface area contributed by atoms with E-state index in [-0.39, 0.29) is 11.8 Å². The number of nitrogens with two attached hydrogens (primary N) is 1. The van der Waals surface area contributed by atoms with Crippen molar-refractivity contribution in [2.75, 3.05) is 5.32 Å². The van der Waals surface area contributed by atoms with Crippen molar-refractivity contribution in [3.8, 4) is 0 Å². The molecule has 0 saturated heterocycles. The zero-order chi connectivity index (χ0) is 20.3. The van der Waals surface area contributed by atoms with E-state index < -0.39 is 11.7 Å². The average molecular weight is 377 g/mol. The van der Waals surface area contributed by atoms with Gasteiger partial charge in [-0.2, -0.15) is 0 Å². The van der Waals surface area contributed by atoms with E-state index in [2.05, 4.69) is 10.6 Å². The quantitative estimate of drug-likeness (QED) is 0.542. The van der Waals surface area contributed by atoms with Crippen LogP contribution in [0.15, 0.2) is 24.3 Å². The molecule has 27 heavy (non-hydrogen) atoms. The second kappa shape index (κ2) is 11.2. The molecule has 0 fully saturated rings. The molecular weight excluding hydrogens is 346 g/mol. The highest BCUT2D eigenvalue weighted by atomic mass is 16.6. The highest BCUT2D eigenvalue weighted by Gasteiger charge is 2.15. The zero-order valence-corrected chi connectivity index (χ0v) is 16.5. The van der Waals surface area contributed by atoms with Crippen molar-refractivity contribution in [2.24, 2.45) is 5.73 Å². The van der Waals surface area contributed by atoms with Gasteiger partial charge in [0.2, 0.25) is 11.8 Å². The Kier molecular flexibility index (Phi) is 9.33. The largest absolute Gasteiger partial charge is 0.444 e. The lowest BCUT2D eigenvalue weighted by Gasteiger charge is -2.19. The van der Waals surface area contributed by atoms with Crippen LogP contribution in [0.3, 0.4) is 0 Å². The molecule has 0 spiro atoms. The van der Waals surface area contributed by atoms with Gasteiger partial charge in [-0.1, -0.05) is 25.0 Å². The van der Waals surface area contributed by atoms with Gasteiger partial charge in [0.25, 0.3) is 0 Å². The summed E-state index contributed by atoms with van der Waals surface area (Å²) in [6, 6.07) is 7.29. The maximum Gasteiger partial charge on any atom is 0.407 e. The van der Waals surface area contributed by atoms with Gasteiger partial charge in [0.1, 0.15) is 5.60 Å². The summed E-state index contributed by atoms with van der Waals surface area (Å²) in [5.41, 5.74) is 6.18. The van der Waals surface area contributed by atoms with E-state index in [1.165, 1.54) is 0 Å². The van der Waals surface area contributed by atoms with E-state index in [0.717, 1.165) is 36.9 Å². The lowest BCUT2D eigenvalue weighted by atomic mass is 10.1. The van der Waals surface area contributed by atoms with Crippen molar-refractivity contribution in [3.63, 3.8) is 0 Å². The summed E-state index contributed by atoms with van der Waals surface area (Å²) in [5, 5.41) is 5.54. The Hall–Kier alpha value is -2.57. The minimum atomic E-state index is -0.528. The van der Waals surface area contributed by atoms with E-state index in [9.17, 15) is 14.4 Å². The van der Waals surface area contributed by atoms with Crippen molar-refractivity contribution >= 4 is 23.6 Å². The standard InChI is InChI=1S/C20H31N3O4/c1-20(2,3)27-19(26)22-14-15-10-12-16(13-11-15)23-18(25)9-7-5-4-6-8-17(21)24/h10-13H,4-9,14H2,1-3H3,(H2,21,24)(H,22,26)(H,23,25). The van der Waals surface area contributed by atoms with Gasteiger partial charge in [-0.15, -0.1) is 0 Å². The van der Waals surface area contributed by atoms with Crippen LogP contribution in [0, 0.1) is 0 Å². The molecule has 0 saturated carbocycles. The monoisotopic (exact) mass is 377 g/mol. The minimum Gasteiger partial charge on any atom is -0.444 e. The lowest BCUT2D eigenvalue weighted by molar-refractivity contribution is -0.118. The van der Waals surface area contributed by atoms with Crippen molar-refractivity contribution in [2.45, 2.75) is 71.4 Å². The van der Waals surface area contributed by atoms with Crippen LogP contribution in [0.1, 0.15) is 64.9 Å². The van der Waals surface area contributed by atoms with Crippen LogP contribution in [0.4, 0.5) is 10.5 Å². The molecule has 1 aromatic carbocycles. The lowest BCUT2D eigenvalue weighted by Crippen LogP contribution is -2.32. The number of unbranched alkanes of at least 4 members (excludes halogenated alkanes) is 3. The summed E-state index contributed by atoms with van der Waals surface area (Å²) in [5.74, 6) is -0.318. The number of benzene rings is 1. The number of anilines is 1. The van der Waals surface area contributed by atoms with E-state index in [0.29, 0.717) is 19.4 Å². The van der Waals surface area contributed by atoms with E-state index in [4.69, 9.17) is 10.5 Å². The number of nitrogens with one attached hydrogen (secondary N) is 2. The number of hydrogen-bond donors (Lipinski definition) is 3. The maximum atomic E-state index is 11.9. The van der Waals surface area contributed by atoms with Crippen LogP contribution in [0.25, 0.3) is 0 Å². The number of carbonyl (C=O) groups is 3. The highest BCUT2D eigenvalue weighted by molar-refractivity contribution is 5.90. The third-order valence-electron chi connectivity index (χ3n) is 3.65. The van der Waals surface area contributed by atoms with Crippen LogP contribution < -0.4 is 16.4 Å². The fourth-order valence-corrected chi connectivity index (χ4v) is 2.36. The third kappa shape index (κ3) is 11.6. The molecule has 0 aliphatic rings. The van der Waals surface area contributed by atoms with Gasteiger partial charge in [0.15, 0.2) is 0 Å². The summed E-state index contributed by atoms with van der Waals surface area (Å²) >= 11 is 0. The van der Waals surface area contributed by atoms with Crippen molar-refractivity contribution in [1.29, 1.82) is 0 Å². The highest BCUT2D eigenvalue weighted by Crippen LogP contribution is 2.12. The second-order valence-corrected chi connectivity index (χ2v) is 7.48. The van der Waals surface area contributed by atoms with E-state index in [1.807, 2.05) is 32.9 Å². The number of alkyl carbamates (subject to hydrolysis) is 1. The number of rotatable bonds is 10. The molecular formula is C20H31N3O4. The normalized spacial score (nSPS) is 10.9. The van der Waals surface area contributed by atoms with Crippen molar-refractivity contribution < 1.29 is 19.1 Å². The molecule has 0 bridgehead atoms. The van der Waals surface area contributed by atoms with Gasteiger partial charge in [0.05, 0.1) is 0 Å². The van der Waals surface area contributed by atoms with E-state index >= 15 is 0 Å². The fourth-order valence-electron chi connectivity index (χ4n) is 2.36. The first-order valence-corrected chi connectivity index (χ1v) is 9.29. The molecule has 0 heterocycles. The molecule has 1 rings (SSSR count).